The second kappa shape index (κ2) is 6.75. The number of halogens is 1. The zero-order chi connectivity index (χ0) is 17.4. The average Bonchev–Trinajstić information content (AvgIpc) is 2.90. The molecule has 4 rings (SSSR count). The fourth-order valence-corrected chi connectivity index (χ4v) is 4.95. The van der Waals surface area contributed by atoms with Crippen LogP contribution in [0.5, 0.6) is 0 Å². The summed E-state index contributed by atoms with van der Waals surface area (Å²) in [6.45, 7) is 3.93. The van der Waals surface area contributed by atoms with E-state index in [1.54, 1.807) is 0 Å². The van der Waals surface area contributed by atoms with E-state index in [0.29, 0.717) is 12.0 Å². The molecule has 0 saturated carbocycles. The molecule has 1 spiro atoms. The lowest BCUT2D eigenvalue weighted by atomic mass is 9.74. The smallest absolute Gasteiger partial charge is 0.0917 e. The lowest BCUT2D eigenvalue weighted by Gasteiger charge is -2.40. The van der Waals surface area contributed by atoms with Gasteiger partial charge in [-0.3, -0.25) is 0 Å². The molecular weight excluding hydrogens is 376 g/mol. The number of hydrogen-bond acceptors (Lipinski definition) is 3. The number of rotatable bonds is 3. The number of piperidine rings is 1. The number of aliphatic hydroxyl groups excluding tert-OH is 1. The van der Waals surface area contributed by atoms with Crippen LogP contribution in [-0.2, 0) is 5.41 Å². The van der Waals surface area contributed by atoms with E-state index in [2.05, 4.69) is 57.0 Å². The Morgan fingerprint density at radius 2 is 1.88 bits per heavy atom. The molecule has 0 radical (unpaired) electrons. The molecule has 0 amide bonds. The number of benzene rings is 2. The number of anilines is 1. The fraction of sp³-hybridized carbons (Fsp3) is 0.429. The van der Waals surface area contributed by atoms with Crippen molar-refractivity contribution in [3.8, 4) is 0 Å². The highest BCUT2D eigenvalue weighted by Crippen LogP contribution is 2.46. The Morgan fingerprint density at radius 1 is 1.12 bits per heavy atom. The summed E-state index contributed by atoms with van der Waals surface area (Å²) in [7, 11) is 2.21. The van der Waals surface area contributed by atoms with Crippen molar-refractivity contribution in [2.24, 2.45) is 0 Å². The van der Waals surface area contributed by atoms with Crippen LogP contribution in [0.15, 0.2) is 53.0 Å². The number of para-hydroxylation sites is 1. The first-order valence-corrected chi connectivity index (χ1v) is 9.83. The van der Waals surface area contributed by atoms with Gasteiger partial charge in [0.1, 0.15) is 0 Å². The third-order valence-corrected chi connectivity index (χ3v) is 6.40. The molecule has 1 saturated heterocycles. The van der Waals surface area contributed by atoms with Crippen molar-refractivity contribution in [1.82, 2.24) is 4.90 Å². The van der Waals surface area contributed by atoms with Gasteiger partial charge in [-0.05, 0) is 55.3 Å². The maximum absolute atomic E-state index is 10.6. The van der Waals surface area contributed by atoms with Gasteiger partial charge in [0.25, 0.3) is 0 Å². The molecule has 2 aromatic rings. The van der Waals surface area contributed by atoms with Gasteiger partial charge in [0.15, 0.2) is 0 Å². The molecule has 4 heteroatoms. The van der Waals surface area contributed by atoms with Crippen LogP contribution >= 0.6 is 15.9 Å². The van der Waals surface area contributed by atoms with Crippen molar-refractivity contribution >= 4 is 21.6 Å². The number of likely N-dealkylation sites (tertiary alicyclic amines) is 1. The summed E-state index contributed by atoms with van der Waals surface area (Å²) in [5, 5.41) is 10.6. The maximum atomic E-state index is 10.6. The predicted molar refractivity (Wildman–Crippen MR) is 106 cm³/mol. The second-order valence-corrected chi connectivity index (χ2v) is 8.44. The molecule has 0 aromatic heterocycles. The number of fused-ring (bicyclic) bond motifs is 2. The minimum absolute atomic E-state index is 0.294. The topological polar surface area (TPSA) is 26.7 Å². The zero-order valence-electron chi connectivity index (χ0n) is 14.7. The van der Waals surface area contributed by atoms with Crippen LogP contribution in [0.3, 0.4) is 0 Å². The normalized spacial score (nSPS) is 20.7. The lowest BCUT2D eigenvalue weighted by molar-refractivity contribution is 0.0838. The highest BCUT2D eigenvalue weighted by Gasteiger charge is 2.43. The summed E-state index contributed by atoms with van der Waals surface area (Å²) in [6, 6.07) is 16.9. The van der Waals surface area contributed by atoms with Crippen LogP contribution < -0.4 is 4.90 Å². The molecule has 0 aliphatic carbocycles. The zero-order valence-corrected chi connectivity index (χ0v) is 16.2. The minimum Gasteiger partial charge on any atom is -0.387 e. The molecule has 3 nitrogen and oxygen atoms in total. The van der Waals surface area contributed by atoms with Crippen LogP contribution in [0.2, 0.25) is 0 Å². The summed E-state index contributed by atoms with van der Waals surface area (Å²) in [5.74, 6) is 0. The van der Waals surface area contributed by atoms with Crippen LogP contribution in [0, 0.1) is 0 Å². The van der Waals surface area contributed by atoms with Crippen LogP contribution in [-0.4, -0.2) is 43.2 Å². The Bertz CT molecular complexity index is 755. The van der Waals surface area contributed by atoms with Crippen molar-refractivity contribution in [2.75, 3.05) is 38.1 Å². The Morgan fingerprint density at radius 3 is 2.64 bits per heavy atom. The largest absolute Gasteiger partial charge is 0.387 e. The van der Waals surface area contributed by atoms with Gasteiger partial charge < -0.3 is 14.9 Å². The van der Waals surface area contributed by atoms with E-state index >= 15 is 0 Å². The van der Waals surface area contributed by atoms with Gasteiger partial charge in [-0.15, -0.1) is 0 Å². The quantitative estimate of drug-likeness (QED) is 0.844. The molecular formula is C21H25BrN2O. The summed E-state index contributed by atoms with van der Waals surface area (Å²) < 4.78 is 1.02. The average molecular weight is 401 g/mol. The molecule has 2 heterocycles. The van der Waals surface area contributed by atoms with Crippen molar-refractivity contribution < 1.29 is 5.11 Å². The van der Waals surface area contributed by atoms with Crippen molar-refractivity contribution in [2.45, 2.75) is 24.4 Å². The first-order chi connectivity index (χ1) is 12.1. The van der Waals surface area contributed by atoms with E-state index in [-0.39, 0.29) is 0 Å². The molecule has 25 heavy (non-hydrogen) atoms. The van der Waals surface area contributed by atoms with Gasteiger partial charge in [0.05, 0.1) is 6.10 Å². The van der Waals surface area contributed by atoms with Gasteiger partial charge in [-0.2, -0.15) is 0 Å². The maximum Gasteiger partial charge on any atom is 0.0917 e. The first-order valence-electron chi connectivity index (χ1n) is 9.04. The van der Waals surface area contributed by atoms with Gasteiger partial charge in [-0.1, -0.05) is 46.3 Å². The van der Waals surface area contributed by atoms with Gasteiger partial charge in [0, 0.05) is 35.7 Å². The molecule has 0 bridgehead atoms. The van der Waals surface area contributed by atoms with E-state index in [0.717, 1.165) is 29.7 Å². The molecule has 0 unspecified atom stereocenters. The molecule has 2 aromatic carbocycles. The Kier molecular flexibility index (Phi) is 4.61. The van der Waals surface area contributed by atoms with Crippen LogP contribution in [0.4, 0.5) is 5.69 Å². The number of aliphatic hydroxyl groups is 1. The van der Waals surface area contributed by atoms with E-state index in [4.69, 9.17) is 0 Å². The number of likely N-dealkylation sites (N-methyl/N-ethyl adjacent to an activating group) is 1. The summed E-state index contributed by atoms with van der Waals surface area (Å²) in [5.41, 5.74) is 4.19. The molecule has 132 valence electrons. The van der Waals surface area contributed by atoms with Gasteiger partial charge in [-0.25, -0.2) is 0 Å². The summed E-state index contributed by atoms with van der Waals surface area (Å²) in [4.78, 5) is 4.82. The highest BCUT2D eigenvalue weighted by molar-refractivity contribution is 9.10. The fourth-order valence-electron chi connectivity index (χ4n) is 4.53. The number of hydrogen-bond donors (Lipinski definition) is 1. The number of nitrogens with zero attached hydrogens (tertiary/aromatic N) is 2. The Balaban J connectivity index is 1.42. The minimum atomic E-state index is -0.426. The molecule has 1 N–H and O–H groups in total. The summed E-state index contributed by atoms with van der Waals surface area (Å²) >= 11 is 3.49. The van der Waals surface area contributed by atoms with E-state index in [1.807, 2.05) is 24.3 Å². The van der Waals surface area contributed by atoms with E-state index in [9.17, 15) is 5.11 Å². The van der Waals surface area contributed by atoms with Gasteiger partial charge in [0.2, 0.25) is 0 Å². The first kappa shape index (κ1) is 17.1. The van der Waals surface area contributed by atoms with Gasteiger partial charge >= 0.3 is 0 Å². The summed E-state index contributed by atoms with van der Waals surface area (Å²) in [6.07, 6.45) is 1.91. The van der Waals surface area contributed by atoms with Crippen LogP contribution in [0.1, 0.15) is 30.1 Å². The lowest BCUT2D eigenvalue weighted by Crippen LogP contribution is -2.45. The standard InChI is InChI=1S/C21H25BrN2O/c1-23-15-21(18-7-2-3-8-19(18)23)9-11-24(12-10-21)14-20(25)16-5-4-6-17(22)13-16/h2-8,13,20,25H,9-12,14-15H2,1H3/t20-/m0/s1. The molecule has 1 fully saturated rings. The Hall–Kier alpha value is -1.36. The highest BCUT2D eigenvalue weighted by atomic mass is 79.9. The van der Waals surface area contributed by atoms with Crippen molar-refractivity contribution in [3.63, 3.8) is 0 Å². The molecule has 1 atom stereocenters. The predicted octanol–water partition coefficient (Wildman–Crippen LogP) is 3.97. The van der Waals surface area contributed by atoms with Crippen molar-refractivity contribution in [3.05, 3.63) is 64.1 Å². The van der Waals surface area contributed by atoms with Crippen molar-refractivity contribution in [1.29, 1.82) is 0 Å². The number of β-amino-alcohol motifs (C(OH)–C–C–N with tert-alkyl or cyclic N) is 1. The SMILES string of the molecule is CN1CC2(CCN(C[C@H](O)c3cccc(Br)c3)CC2)c2ccccc21. The molecule has 2 aliphatic heterocycles. The third kappa shape index (κ3) is 3.23. The van der Waals surface area contributed by atoms with E-state index < -0.39 is 6.10 Å². The van der Waals surface area contributed by atoms with E-state index in [1.165, 1.54) is 24.1 Å². The second-order valence-electron chi connectivity index (χ2n) is 7.52. The monoisotopic (exact) mass is 400 g/mol. The third-order valence-electron chi connectivity index (χ3n) is 5.90. The Labute approximate surface area is 158 Å². The molecule has 2 aliphatic rings. The van der Waals surface area contributed by atoms with Crippen LogP contribution in [0.25, 0.3) is 0 Å².